The lowest BCUT2D eigenvalue weighted by Gasteiger charge is -2.24. The Morgan fingerprint density at radius 1 is 0.943 bits per heavy atom. The molecule has 0 aliphatic carbocycles. The SMILES string of the molecule is CC(C)(COC(=O)CCNCCCN1CCCC1)COC(=O)CCN(CCC=O)CCCCCO. The van der Waals surface area contributed by atoms with Crippen LogP contribution < -0.4 is 5.32 Å². The monoisotopic (exact) mass is 499 g/mol. The van der Waals surface area contributed by atoms with Crippen molar-refractivity contribution in [1.29, 1.82) is 0 Å². The summed E-state index contributed by atoms with van der Waals surface area (Å²) in [7, 11) is 0. The highest BCUT2D eigenvalue weighted by atomic mass is 16.5. The van der Waals surface area contributed by atoms with Crippen molar-refractivity contribution in [3.8, 4) is 0 Å². The summed E-state index contributed by atoms with van der Waals surface area (Å²) in [4.78, 5) is 39.5. The first kappa shape index (κ1) is 31.5. The van der Waals surface area contributed by atoms with E-state index in [2.05, 4.69) is 15.1 Å². The number of carbonyl (C=O) groups excluding carboxylic acids is 3. The average Bonchev–Trinajstić information content (AvgIpc) is 3.36. The first-order valence-electron chi connectivity index (χ1n) is 13.4. The fourth-order valence-corrected chi connectivity index (χ4v) is 3.93. The summed E-state index contributed by atoms with van der Waals surface area (Å²) in [5.41, 5.74) is -0.462. The molecule has 9 heteroatoms. The van der Waals surface area contributed by atoms with E-state index in [1.165, 1.54) is 25.9 Å². The maximum absolute atomic E-state index is 12.2. The molecule has 1 fully saturated rings. The van der Waals surface area contributed by atoms with Crippen LogP contribution in [0.15, 0.2) is 0 Å². The Kier molecular flexibility index (Phi) is 17.6. The van der Waals surface area contributed by atoms with E-state index in [1.807, 2.05) is 13.8 Å². The van der Waals surface area contributed by atoms with E-state index in [-0.39, 0.29) is 38.2 Å². The van der Waals surface area contributed by atoms with Crippen molar-refractivity contribution in [3.05, 3.63) is 0 Å². The highest BCUT2D eigenvalue weighted by molar-refractivity contribution is 5.70. The first-order valence-corrected chi connectivity index (χ1v) is 13.4. The highest BCUT2D eigenvalue weighted by Crippen LogP contribution is 2.17. The normalized spacial score (nSPS) is 14.4. The molecule has 9 nitrogen and oxygen atoms in total. The van der Waals surface area contributed by atoms with Crippen molar-refractivity contribution >= 4 is 18.2 Å². The molecule has 1 rings (SSSR count). The zero-order valence-corrected chi connectivity index (χ0v) is 22.1. The topological polar surface area (TPSA) is 108 Å². The van der Waals surface area contributed by atoms with Crippen molar-refractivity contribution in [3.63, 3.8) is 0 Å². The summed E-state index contributed by atoms with van der Waals surface area (Å²) in [6.45, 7) is 11.4. The van der Waals surface area contributed by atoms with E-state index in [0.29, 0.717) is 32.5 Å². The van der Waals surface area contributed by atoms with Gasteiger partial charge in [0.15, 0.2) is 0 Å². The van der Waals surface area contributed by atoms with Crippen molar-refractivity contribution in [2.24, 2.45) is 5.41 Å². The van der Waals surface area contributed by atoms with Crippen LogP contribution in [-0.4, -0.2) is 105 Å². The Morgan fingerprint density at radius 2 is 1.63 bits per heavy atom. The number of nitrogens with one attached hydrogen (secondary N) is 1. The molecule has 35 heavy (non-hydrogen) atoms. The molecule has 1 saturated heterocycles. The van der Waals surface area contributed by atoms with Gasteiger partial charge in [0, 0.05) is 38.1 Å². The maximum atomic E-state index is 12.2. The molecule has 0 saturated carbocycles. The van der Waals surface area contributed by atoms with Gasteiger partial charge in [0.1, 0.15) is 6.29 Å². The van der Waals surface area contributed by atoms with E-state index in [4.69, 9.17) is 14.6 Å². The largest absolute Gasteiger partial charge is 0.465 e. The average molecular weight is 500 g/mol. The molecule has 2 N–H and O–H groups in total. The van der Waals surface area contributed by atoms with Crippen LogP contribution in [-0.2, 0) is 23.9 Å². The lowest BCUT2D eigenvalue weighted by molar-refractivity contribution is -0.152. The molecule has 0 amide bonds. The third kappa shape index (κ3) is 17.5. The van der Waals surface area contributed by atoms with E-state index < -0.39 is 5.41 Å². The molecule has 0 aromatic rings. The zero-order valence-electron chi connectivity index (χ0n) is 22.1. The number of esters is 2. The zero-order chi connectivity index (χ0) is 25.8. The lowest BCUT2D eigenvalue weighted by atomic mass is 9.96. The van der Waals surface area contributed by atoms with E-state index >= 15 is 0 Å². The summed E-state index contributed by atoms with van der Waals surface area (Å²) < 4.78 is 10.8. The van der Waals surface area contributed by atoms with Crippen LogP contribution in [0.1, 0.15) is 71.6 Å². The number of aldehydes is 1. The third-order valence-electron chi connectivity index (χ3n) is 6.11. The second kappa shape index (κ2) is 19.6. The second-order valence-corrected chi connectivity index (χ2v) is 10.2. The number of unbranched alkanes of at least 4 members (excludes halogenated alkanes) is 2. The number of aliphatic hydroxyl groups excluding tert-OH is 1. The molecular weight excluding hydrogens is 450 g/mol. The number of rotatable bonds is 22. The van der Waals surface area contributed by atoms with Crippen molar-refractivity contribution in [2.45, 2.75) is 71.6 Å². The minimum atomic E-state index is -0.462. The van der Waals surface area contributed by atoms with Gasteiger partial charge in [0.25, 0.3) is 0 Å². The van der Waals surface area contributed by atoms with Crippen LogP contribution in [0.4, 0.5) is 0 Å². The molecule has 0 radical (unpaired) electrons. The van der Waals surface area contributed by atoms with E-state index in [9.17, 15) is 14.4 Å². The first-order chi connectivity index (χ1) is 16.9. The van der Waals surface area contributed by atoms with Gasteiger partial charge >= 0.3 is 11.9 Å². The molecule has 0 unspecified atom stereocenters. The summed E-state index contributed by atoms with van der Waals surface area (Å²) in [6.07, 6.45) is 8.19. The van der Waals surface area contributed by atoms with Gasteiger partial charge in [-0.2, -0.15) is 0 Å². The van der Waals surface area contributed by atoms with Crippen LogP contribution in [0.5, 0.6) is 0 Å². The number of hydrogen-bond donors (Lipinski definition) is 2. The smallest absolute Gasteiger partial charge is 0.307 e. The molecule has 1 aliphatic heterocycles. The predicted octanol–water partition coefficient (Wildman–Crippen LogP) is 2.01. The summed E-state index contributed by atoms with van der Waals surface area (Å²) in [5, 5.41) is 12.2. The van der Waals surface area contributed by atoms with Crippen LogP contribution in [0, 0.1) is 5.41 Å². The van der Waals surface area contributed by atoms with Gasteiger partial charge in [-0.05, 0) is 71.2 Å². The van der Waals surface area contributed by atoms with Crippen molar-refractivity contribution in [2.75, 3.05) is 72.2 Å². The number of nitrogens with zero attached hydrogens (tertiary/aromatic N) is 2. The fourth-order valence-electron chi connectivity index (χ4n) is 3.93. The molecule has 0 bridgehead atoms. The lowest BCUT2D eigenvalue weighted by Crippen LogP contribution is -2.32. The van der Waals surface area contributed by atoms with Crippen molar-refractivity contribution < 1.29 is 29.0 Å². The number of ether oxygens (including phenoxy) is 2. The second-order valence-electron chi connectivity index (χ2n) is 10.2. The van der Waals surface area contributed by atoms with Crippen LogP contribution >= 0.6 is 0 Å². The Morgan fingerprint density at radius 3 is 2.29 bits per heavy atom. The Labute approximate surface area is 211 Å². The summed E-state index contributed by atoms with van der Waals surface area (Å²) in [5.74, 6) is -0.544. The Bertz CT molecular complexity index is 581. The molecule has 0 aromatic heterocycles. The van der Waals surface area contributed by atoms with Gasteiger partial charge < -0.3 is 34.5 Å². The van der Waals surface area contributed by atoms with Crippen LogP contribution in [0.3, 0.4) is 0 Å². The Hall–Kier alpha value is -1.55. The summed E-state index contributed by atoms with van der Waals surface area (Å²) >= 11 is 0. The van der Waals surface area contributed by atoms with Gasteiger partial charge in [-0.15, -0.1) is 0 Å². The van der Waals surface area contributed by atoms with Gasteiger partial charge in [0.2, 0.25) is 0 Å². The summed E-state index contributed by atoms with van der Waals surface area (Å²) in [6, 6.07) is 0. The van der Waals surface area contributed by atoms with Gasteiger partial charge in [0.05, 0.1) is 26.1 Å². The minimum absolute atomic E-state index is 0.179. The van der Waals surface area contributed by atoms with E-state index in [1.54, 1.807) is 0 Å². The Balaban J connectivity index is 2.13. The van der Waals surface area contributed by atoms with Crippen LogP contribution in [0.25, 0.3) is 0 Å². The molecule has 0 spiro atoms. The molecular formula is C26H49N3O6. The van der Waals surface area contributed by atoms with E-state index in [0.717, 1.165) is 51.6 Å². The third-order valence-corrected chi connectivity index (χ3v) is 6.11. The number of hydrogen-bond acceptors (Lipinski definition) is 9. The number of aliphatic hydroxyl groups is 1. The molecule has 204 valence electrons. The maximum Gasteiger partial charge on any atom is 0.307 e. The standard InChI is InChI=1S/C26H49N3O6/c1-26(2,22-34-24(32)10-13-27-12-8-17-28-15-5-6-16-28)23-35-25(33)11-19-29(18-9-21-31)14-4-3-7-20-30/h21,27,30H,3-20,22-23H2,1-2H3. The quantitative estimate of drug-likeness (QED) is 0.131. The van der Waals surface area contributed by atoms with Crippen molar-refractivity contribution in [1.82, 2.24) is 15.1 Å². The number of likely N-dealkylation sites (tertiary alicyclic amines) is 1. The van der Waals surface area contributed by atoms with Gasteiger partial charge in [-0.25, -0.2) is 0 Å². The predicted molar refractivity (Wildman–Crippen MR) is 136 cm³/mol. The molecule has 0 atom stereocenters. The minimum Gasteiger partial charge on any atom is -0.465 e. The number of carbonyl (C=O) groups is 3. The van der Waals surface area contributed by atoms with Crippen LogP contribution in [0.2, 0.25) is 0 Å². The van der Waals surface area contributed by atoms with Gasteiger partial charge in [-0.1, -0.05) is 13.8 Å². The molecule has 1 heterocycles. The fraction of sp³-hybridized carbons (Fsp3) is 0.885. The molecule has 1 aliphatic rings. The van der Waals surface area contributed by atoms with Gasteiger partial charge in [-0.3, -0.25) is 9.59 Å². The molecule has 0 aromatic carbocycles. The highest BCUT2D eigenvalue weighted by Gasteiger charge is 2.23.